The van der Waals surface area contributed by atoms with E-state index in [-0.39, 0.29) is 0 Å². The molecule has 0 bridgehead atoms. The van der Waals surface area contributed by atoms with Crippen LogP contribution in [0.25, 0.3) is 5.69 Å². The summed E-state index contributed by atoms with van der Waals surface area (Å²) in [6.45, 7) is 0.336. The summed E-state index contributed by atoms with van der Waals surface area (Å²) in [6.07, 6.45) is 1.52. The summed E-state index contributed by atoms with van der Waals surface area (Å²) in [7, 11) is 0. The van der Waals surface area contributed by atoms with Crippen LogP contribution in [0.3, 0.4) is 0 Å². The fraction of sp³-hybridized carbons (Fsp3) is 0.0667. The fourth-order valence-electron chi connectivity index (χ4n) is 1.91. The molecule has 0 atom stereocenters. The molecule has 1 aromatic heterocycles. The van der Waals surface area contributed by atoms with Crippen molar-refractivity contribution < 1.29 is 4.74 Å². The van der Waals surface area contributed by atoms with Crippen LogP contribution in [0.4, 0.5) is 0 Å². The molecule has 0 saturated carbocycles. The van der Waals surface area contributed by atoms with Gasteiger partial charge >= 0.3 is 0 Å². The monoisotopic (exact) mass is 277 g/mol. The molecule has 6 heteroatoms. The molecule has 0 spiro atoms. The Hall–Kier alpha value is -3.20. The van der Waals surface area contributed by atoms with E-state index in [9.17, 15) is 0 Å². The van der Waals surface area contributed by atoms with Gasteiger partial charge < -0.3 is 4.74 Å². The Bertz CT molecular complexity index is 777. The molecule has 102 valence electrons. The largest absolute Gasteiger partial charge is 0.489 e. The van der Waals surface area contributed by atoms with Gasteiger partial charge in [-0.1, -0.05) is 24.3 Å². The minimum absolute atomic E-state index is 0.336. The molecule has 0 aliphatic heterocycles. The molecule has 1 heterocycles. The first-order chi connectivity index (χ1) is 10.4. The predicted molar refractivity (Wildman–Crippen MR) is 74.6 cm³/mol. The standard InChI is InChI=1S/C15H11N5O/c16-9-12-4-1-2-5-13(12)10-21-15-7-3-6-14(8-15)20-11-17-18-19-20/h1-8,11H,10H2. The molecule has 3 rings (SSSR count). The molecule has 21 heavy (non-hydrogen) atoms. The summed E-state index contributed by atoms with van der Waals surface area (Å²) < 4.78 is 7.29. The molecule has 0 aliphatic rings. The summed E-state index contributed by atoms with van der Waals surface area (Å²) >= 11 is 0. The van der Waals surface area contributed by atoms with Gasteiger partial charge in [0.05, 0.1) is 17.3 Å². The SMILES string of the molecule is N#Cc1ccccc1COc1cccc(-n2cnnn2)c1. The van der Waals surface area contributed by atoms with Crippen LogP contribution in [-0.4, -0.2) is 20.2 Å². The van der Waals surface area contributed by atoms with Crippen molar-refractivity contribution in [1.82, 2.24) is 20.2 Å². The molecule has 6 nitrogen and oxygen atoms in total. The number of nitriles is 1. The van der Waals surface area contributed by atoms with Crippen LogP contribution in [0.2, 0.25) is 0 Å². The van der Waals surface area contributed by atoms with Gasteiger partial charge in [0.15, 0.2) is 0 Å². The van der Waals surface area contributed by atoms with E-state index in [1.165, 1.54) is 6.33 Å². The highest BCUT2D eigenvalue weighted by Gasteiger charge is 2.04. The highest BCUT2D eigenvalue weighted by molar-refractivity contribution is 5.39. The zero-order valence-electron chi connectivity index (χ0n) is 11.0. The molecular weight excluding hydrogens is 266 g/mol. The van der Waals surface area contributed by atoms with Gasteiger partial charge in [0.25, 0.3) is 0 Å². The number of nitrogens with zero attached hydrogens (tertiary/aromatic N) is 5. The zero-order chi connectivity index (χ0) is 14.5. The summed E-state index contributed by atoms with van der Waals surface area (Å²) in [5.41, 5.74) is 2.29. The van der Waals surface area contributed by atoms with Gasteiger partial charge in [0, 0.05) is 11.6 Å². The van der Waals surface area contributed by atoms with Crippen molar-refractivity contribution in [2.75, 3.05) is 0 Å². The minimum atomic E-state index is 0.336. The van der Waals surface area contributed by atoms with Crippen molar-refractivity contribution in [3.8, 4) is 17.5 Å². The van der Waals surface area contributed by atoms with E-state index in [1.807, 2.05) is 42.5 Å². The highest BCUT2D eigenvalue weighted by Crippen LogP contribution is 2.18. The lowest BCUT2D eigenvalue weighted by Crippen LogP contribution is -2.00. The maximum atomic E-state index is 9.05. The molecule has 0 N–H and O–H groups in total. The highest BCUT2D eigenvalue weighted by atomic mass is 16.5. The minimum Gasteiger partial charge on any atom is -0.489 e. The maximum absolute atomic E-state index is 9.05. The van der Waals surface area contributed by atoms with Gasteiger partial charge in [0.1, 0.15) is 18.7 Å². The molecule has 0 aliphatic carbocycles. The second-order valence-electron chi connectivity index (χ2n) is 4.31. The summed E-state index contributed by atoms with van der Waals surface area (Å²) in [6, 6.07) is 17.0. The number of hydrogen-bond acceptors (Lipinski definition) is 5. The summed E-state index contributed by atoms with van der Waals surface area (Å²) in [5.74, 6) is 0.691. The molecule has 0 fully saturated rings. The second kappa shape index (κ2) is 5.84. The van der Waals surface area contributed by atoms with Crippen LogP contribution < -0.4 is 4.74 Å². The lowest BCUT2D eigenvalue weighted by Gasteiger charge is -2.08. The van der Waals surface area contributed by atoms with Crippen molar-refractivity contribution in [1.29, 1.82) is 5.26 Å². The van der Waals surface area contributed by atoms with E-state index in [0.717, 1.165) is 11.3 Å². The van der Waals surface area contributed by atoms with Crippen LogP contribution in [0, 0.1) is 11.3 Å². The smallest absolute Gasteiger partial charge is 0.143 e. The van der Waals surface area contributed by atoms with Gasteiger partial charge in [-0.15, -0.1) is 5.10 Å². The summed E-state index contributed by atoms with van der Waals surface area (Å²) in [5, 5.41) is 20.1. The van der Waals surface area contributed by atoms with E-state index in [1.54, 1.807) is 10.7 Å². The second-order valence-corrected chi connectivity index (χ2v) is 4.31. The van der Waals surface area contributed by atoms with E-state index >= 15 is 0 Å². The molecule has 3 aromatic rings. The van der Waals surface area contributed by atoms with Crippen LogP contribution in [-0.2, 0) is 6.61 Å². The average Bonchev–Trinajstić information content (AvgIpc) is 3.08. The number of ether oxygens (including phenoxy) is 1. The first kappa shape index (κ1) is 12.8. The number of hydrogen-bond donors (Lipinski definition) is 0. The Labute approximate surface area is 121 Å². The predicted octanol–water partition coefficient (Wildman–Crippen LogP) is 2.11. The lowest BCUT2D eigenvalue weighted by atomic mass is 10.1. The van der Waals surface area contributed by atoms with Gasteiger partial charge in [-0.25, -0.2) is 4.68 Å². The van der Waals surface area contributed by atoms with Crippen molar-refractivity contribution >= 4 is 0 Å². The van der Waals surface area contributed by atoms with Gasteiger partial charge in [-0.2, -0.15) is 5.26 Å². The van der Waals surface area contributed by atoms with Crippen LogP contribution >= 0.6 is 0 Å². The Kier molecular flexibility index (Phi) is 3.56. The van der Waals surface area contributed by atoms with E-state index in [4.69, 9.17) is 10.00 Å². The first-order valence-electron chi connectivity index (χ1n) is 6.31. The Morgan fingerprint density at radius 1 is 1.14 bits per heavy atom. The maximum Gasteiger partial charge on any atom is 0.143 e. The van der Waals surface area contributed by atoms with Crippen molar-refractivity contribution in [2.45, 2.75) is 6.61 Å². The Morgan fingerprint density at radius 3 is 2.86 bits per heavy atom. The van der Waals surface area contributed by atoms with Crippen LogP contribution in [0.5, 0.6) is 5.75 Å². The molecule has 0 unspecified atom stereocenters. The third kappa shape index (κ3) is 2.87. The Morgan fingerprint density at radius 2 is 2.05 bits per heavy atom. The molecule has 0 radical (unpaired) electrons. The van der Waals surface area contributed by atoms with Crippen LogP contribution in [0.15, 0.2) is 54.9 Å². The van der Waals surface area contributed by atoms with Crippen molar-refractivity contribution in [3.05, 3.63) is 66.0 Å². The molecule has 0 saturated heterocycles. The number of benzene rings is 2. The van der Waals surface area contributed by atoms with E-state index in [2.05, 4.69) is 21.6 Å². The quantitative estimate of drug-likeness (QED) is 0.730. The molecule has 0 amide bonds. The third-order valence-corrected chi connectivity index (χ3v) is 2.96. The zero-order valence-corrected chi connectivity index (χ0v) is 11.0. The third-order valence-electron chi connectivity index (χ3n) is 2.96. The van der Waals surface area contributed by atoms with Gasteiger partial charge in [0.2, 0.25) is 0 Å². The number of aromatic nitrogens is 4. The summed E-state index contributed by atoms with van der Waals surface area (Å²) in [4.78, 5) is 0. The van der Waals surface area contributed by atoms with E-state index < -0.39 is 0 Å². The topological polar surface area (TPSA) is 76.6 Å². The van der Waals surface area contributed by atoms with Gasteiger partial charge in [-0.05, 0) is 28.6 Å². The van der Waals surface area contributed by atoms with Crippen molar-refractivity contribution in [2.24, 2.45) is 0 Å². The molecule has 2 aromatic carbocycles. The lowest BCUT2D eigenvalue weighted by molar-refractivity contribution is 0.306. The fourth-order valence-corrected chi connectivity index (χ4v) is 1.91. The van der Waals surface area contributed by atoms with Gasteiger partial charge in [-0.3, -0.25) is 0 Å². The first-order valence-corrected chi connectivity index (χ1v) is 6.31. The Balaban J connectivity index is 1.77. The number of tetrazole rings is 1. The average molecular weight is 277 g/mol. The molecular formula is C15H11N5O. The normalized spacial score (nSPS) is 10.0. The van der Waals surface area contributed by atoms with Crippen LogP contribution in [0.1, 0.15) is 11.1 Å². The number of rotatable bonds is 4. The van der Waals surface area contributed by atoms with Crippen molar-refractivity contribution in [3.63, 3.8) is 0 Å². The van der Waals surface area contributed by atoms with E-state index in [0.29, 0.717) is 17.9 Å².